The van der Waals surface area contributed by atoms with Crippen LogP contribution in [-0.4, -0.2) is 20.2 Å². The Kier molecular flexibility index (Phi) is 11.0. The SMILES string of the molecule is CNOCC1=CCCC=C1.Cc1ccc(CC(CNS)c2cccc(C#N)c2)cc1. The van der Waals surface area contributed by atoms with Crippen molar-refractivity contribution in [1.29, 1.82) is 5.26 Å². The Bertz CT molecular complexity index is 869. The van der Waals surface area contributed by atoms with E-state index in [0.717, 1.165) is 19.4 Å². The van der Waals surface area contributed by atoms with Crippen LogP contribution in [0.15, 0.2) is 72.3 Å². The van der Waals surface area contributed by atoms with Gasteiger partial charge in [0.25, 0.3) is 0 Å². The summed E-state index contributed by atoms with van der Waals surface area (Å²) in [6.45, 7) is 3.53. The smallest absolute Gasteiger partial charge is 0.0991 e. The topological polar surface area (TPSA) is 57.1 Å². The van der Waals surface area contributed by atoms with Crippen molar-refractivity contribution in [3.63, 3.8) is 0 Å². The highest BCUT2D eigenvalue weighted by molar-refractivity contribution is 7.78. The second kappa shape index (κ2) is 13.8. The molecule has 0 aromatic heterocycles. The summed E-state index contributed by atoms with van der Waals surface area (Å²) in [4.78, 5) is 5.00. The molecule has 1 aliphatic rings. The molecule has 0 radical (unpaired) electrons. The number of hydrogen-bond donors (Lipinski definition) is 3. The number of aryl methyl sites for hydroxylation is 1. The zero-order valence-corrected chi connectivity index (χ0v) is 18.7. The predicted molar refractivity (Wildman–Crippen MR) is 127 cm³/mol. The molecule has 3 rings (SSSR count). The van der Waals surface area contributed by atoms with Crippen molar-refractivity contribution in [1.82, 2.24) is 10.2 Å². The van der Waals surface area contributed by atoms with Crippen molar-refractivity contribution in [2.45, 2.75) is 32.1 Å². The molecule has 0 amide bonds. The number of nitriles is 1. The van der Waals surface area contributed by atoms with Crippen LogP contribution >= 0.6 is 12.8 Å². The van der Waals surface area contributed by atoms with E-state index in [1.54, 1.807) is 7.05 Å². The Hall–Kier alpha value is -2.36. The van der Waals surface area contributed by atoms with E-state index in [-0.39, 0.29) is 0 Å². The van der Waals surface area contributed by atoms with E-state index >= 15 is 0 Å². The summed E-state index contributed by atoms with van der Waals surface area (Å²) in [6.07, 6.45) is 9.75. The van der Waals surface area contributed by atoms with Crippen LogP contribution in [0.5, 0.6) is 0 Å². The molecule has 1 aliphatic carbocycles. The molecule has 5 heteroatoms. The van der Waals surface area contributed by atoms with Gasteiger partial charge in [-0.2, -0.15) is 5.26 Å². The lowest BCUT2D eigenvalue weighted by Crippen LogP contribution is -2.16. The van der Waals surface area contributed by atoms with Crippen LogP contribution in [0.2, 0.25) is 0 Å². The first kappa shape index (κ1) is 23.9. The fourth-order valence-corrected chi connectivity index (χ4v) is 3.44. The predicted octanol–water partition coefficient (Wildman–Crippen LogP) is 5.04. The Labute approximate surface area is 186 Å². The van der Waals surface area contributed by atoms with E-state index in [2.05, 4.69) is 84.6 Å². The maximum Gasteiger partial charge on any atom is 0.0991 e. The zero-order chi connectivity index (χ0) is 21.6. The number of thiol groups is 1. The van der Waals surface area contributed by atoms with Gasteiger partial charge in [-0.3, -0.25) is 9.56 Å². The second-order valence-electron chi connectivity index (χ2n) is 7.24. The molecule has 0 saturated heterocycles. The Morgan fingerprint density at radius 2 is 1.97 bits per heavy atom. The molecule has 2 aromatic carbocycles. The van der Waals surface area contributed by atoms with Gasteiger partial charge in [-0.15, -0.1) is 0 Å². The molecule has 30 heavy (non-hydrogen) atoms. The molecule has 1 unspecified atom stereocenters. The molecule has 2 aromatic rings. The van der Waals surface area contributed by atoms with Crippen LogP contribution in [0.4, 0.5) is 0 Å². The third-order valence-electron chi connectivity index (χ3n) is 4.88. The number of hydrogen-bond acceptors (Lipinski definition) is 5. The minimum Gasteiger partial charge on any atom is -0.297 e. The Morgan fingerprint density at radius 3 is 2.60 bits per heavy atom. The van der Waals surface area contributed by atoms with Crippen molar-refractivity contribution in [3.05, 3.63) is 94.6 Å². The molecule has 2 N–H and O–H groups in total. The minimum atomic E-state index is 0.309. The van der Waals surface area contributed by atoms with Crippen LogP contribution in [0.1, 0.15) is 41.0 Å². The fourth-order valence-electron chi connectivity index (χ4n) is 3.22. The molecule has 0 saturated carbocycles. The largest absolute Gasteiger partial charge is 0.297 e. The lowest BCUT2D eigenvalue weighted by Gasteiger charge is -2.17. The summed E-state index contributed by atoms with van der Waals surface area (Å²) in [5.74, 6) is 0.309. The summed E-state index contributed by atoms with van der Waals surface area (Å²) in [6, 6.07) is 18.6. The molecule has 0 bridgehead atoms. The first-order valence-electron chi connectivity index (χ1n) is 10.2. The molecule has 1 atom stereocenters. The molecule has 4 nitrogen and oxygen atoms in total. The van der Waals surface area contributed by atoms with Crippen molar-refractivity contribution in [2.24, 2.45) is 0 Å². The van der Waals surface area contributed by atoms with E-state index in [1.807, 2.05) is 18.2 Å². The van der Waals surface area contributed by atoms with Crippen LogP contribution in [0, 0.1) is 18.3 Å². The van der Waals surface area contributed by atoms with Crippen LogP contribution in [0.3, 0.4) is 0 Å². The molecule has 0 heterocycles. The van der Waals surface area contributed by atoms with Crippen molar-refractivity contribution in [3.8, 4) is 6.07 Å². The van der Waals surface area contributed by atoms with Crippen molar-refractivity contribution >= 4 is 12.8 Å². The summed E-state index contributed by atoms with van der Waals surface area (Å²) < 4.78 is 2.95. The summed E-state index contributed by atoms with van der Waals surface area (Å²) >= 11 is 4.13. The molecule has 158 valence electrons. The van der Waals surface area contributed by atoms with Crippen LogP contribution < -0.4 is 10.2 Å². The highest BCUT2D eigenvalue weighted by atomic mass is 32.1. The normalized spacial score (nSPS) is 13.6. The fraction of sp³-hybridized carbons (Fsp3) is 0.320. The average molecular weight is 422 g/mol. The molecular weight excluding hydrogens is 390 g/mol. The van der Waals surface area contributed by atoms with E-state index in [0.29, 0.717) is 18.1 Å². The summed E-state index contributed by atoms with van der Waals surface area (Å²) in [5, 5.41) is 9.01. The number of allylic oxidation sites excluding steroid dienone is 2. The van der Waals surface area contributed by atoms with E-state index in [1.165, 1.54) is 28.7 Å². The first-order chi connectivity index (χ1) is 14.7. The third-order valence-corrected chi connectivity index (χ3v) is 5.07. The number of hydroxylamine groups is 1. The first-order valence-corrected chi connectivity index (χ1v) is 10.7. The van der Waals surface area contributed by atoms with E-state index in [4.69, 9.17) is 10.1 Å². The van der Waals surface area contributed by atoms with Gasteiger partial charge in [-0.1, -0.05) is 73.0 Å². The highest BCUT2D eigenvalue weighted by Crippen LogP contribution is 2.22. The second-order valence-corrected chi connectivity index (χ2v) is 7.55. The lowest BCUT2D eigenvalue weighted by atomic mass is 9.91. The maximum absolute atomic E-state index is 9.01. The summed E-state index contributed by atoms with van der Waals surface area (Å²) in [7, 11) is 1.77. The molecular formula is C25H31N3OS. The minimum absolute atomic E-state index is 0.309. The lowest BCUT2D eigenvalue weighted by molar-refractivity contribution is 0.0773. The van der Waals surface area contributed by atoms with Gasteiger partial charge in [0.05, 0.1) is 18.2 Å². The van der Waals surface area contributed by atoms with E-state index in [9.17, 15) is 0 Å². The van der Waals surface area contributed by atoms with Gasteiger partial charge in [0.2, 0.25) is 0 Å². The monoisotopic (exact) mass is 421 g/mol. The highest BCUT2D eigenvalue weighted by Gasteiger charge is 2.12. The Morgan fingerprint density at radius 1 is 1.17 bits per heavy atom. The zero-order valence-electron chi connectivity index (χ0n) is 17.8. The van der Waals surface area contributed by atoms with Gasteiger partial charge >= 0.3 is 0 Å². The van der Waals surface area contributed by atoms with Gasteiger partial charge in [0, 0.05) is 19.5 Å². The standard InChI is InChI=1S/C17H18N2S.C8H13NO/c1-13-5-7-14(8-6-13)9-17(12-19-20)16-4-2-3-15(10-16)11-18;1-9-10-7-8-5-3-2-4-6-8/h2-8,10,17,19-20H,9,12H2,1H3;3,5-6,9H,2,4,7H2,1H3. The van der Waals surface area contributed by atoms with Crippen LogP contribution in [0.25, 0.3) is 0 Å². The number of rotatable bonds is 8. The van der Waals surface area contributed by atoms with Gasteiger partial charge in [-0.25, -0.2) is 5.48 Å². The quantitative estimate of drug-likeness (QED) is 0.413. The number of benzene rings is 2. The number of nitrogens with one attached hydrogen (secondary N) is 2. The van der Waals surface area contributed by atoms with Gasteiger partial charge in [0.15, 0.2) is 0 Å². The third kappa shape index (κ3) is 8.56. The van der Waals surface area contributed by atoms with E-state index < -0.39 is 0 Å². The average Bonchev–Trinajstić information content (AvgIpc) is 2.80. The molecule has 0 aliphatic heterocycles. The van der Waals surface area contributed by atoms with Crippen molar-refractivity contribution in [2.75, 3.05) is 20.2 Å². The molecule has 0 fully saturated rings. The van der Waals surface area contributed by atoms with Gasteiger partial charge < -0.3 is 0 Å². The Balaban J connectivity index is 0.000000269. The van der Waals surface area contributed by atoms with Gasteiger partial charge in [-0.05, 0) is 55.0 Å². The van der Waals surface area contributed by atoms with Gasteiger partial charge in [0.1, 0.15) is 0 Å². The van der Waals surface area contributed by atoms with Crippen molar-refractivity contribution < 1.29 is 4.84 Å². The van der Waals surface area contributed by atoms with Crippen LogP contribution in [-0.2, 0) is 11.3 Å². The molecule has 0 spiro atoms. The number of nitrogens with zero attached hydrogens (tertiary/aromatic N) is 1. The maximum atomic E-state index is 9.01. The summed E-state index contributed by atoms with van der Waals surface area (Å²) in [5.41, 5.74) is 8.35.